The minimum atomic E-state index is -0.561. The summed E-state index contributed by atoms with van der Waals surface area (Å²) in [6.45, 7) is 4.18. The van der Waals surface area contributed by atoms with Crippen LogP contribution in [0.5, 0.6) is 0 Å². The minimum Gasteiger partial charge on any atom is -0.385 e. The van der Waals surface area contributed by atoms with Crippen molar-refractivity contribution < 1.29 is 5.11 Å². The summed E-state index contributed by atoms with van der Waals surface area (Å²) in [5.74, 6) is 0.454. The van der Waals surface area contributed by atoms with Crippen molar-refractivity contribution in [3.63, 3.8) is 0 Å². The summed E-state index contributed by atoms with van der Waals surface area (Å²) < 4.78 is 1.83. The molecule has 0 amide bonds. The summed E-state index contributed by atoms with van der Waals surface area (Å²) in [6.07, 6.45) is 4.98. The first-order chi connectivity index (χ1) is 6.59. The SMILES string of the molecule is CCCC1CC1(O)c1cnn(C)c1C. The Bertz CT molecular complexity index is 345. The fourth-order valence-electron chi connectivity index (χ4n) is 2.26. The van der Waals surface area contributed by atoms with Gasteiger partial charge in [-0.15, -0.1) is 0 Å². The van der Waals surface area contributed by atoms with Crippen LogP contribution in [0.4, 0.5) is 0 Å². The van der Waals surface area contributed by atoms with E-state index in [9.17, 15) is 5.11 Å². The zero-order valence-corrected chi connectivity index (χ0v) is 9.12. The van der Waals surface area contributed by atoms with Crippen LogP contribution in [0.3, 0.4) is 0 Å². The molecule has 1 fully saturated rings. The predicted molar refractivity (Wildman–Crippen MR) is 54.9 cm³/mol. The number of rotatable bonds is 3. The van der Waals surface area contributed by atoms with Gasteiger partial charge in [-0.25, -0.2) is 0 Å². The van der Waals surface area contributed by atoms with Gasteiger partial charge in [-0.3, -0.25) is 4.68 Å². The van der Waals surface area contributed by atoms with Gasteiger partial charge in [-0.2, -0.15) is 5.10 Å². The summed E-state index contributed by atoms with van der Waals surface area (Å²) in [4.78, 5) is 0. The molecule has 3 heteroatoms. The van der Waals surface area contributed by atoms with Crippen molar-refractivity contribution >= 4 is 0 Å². The van der Waals surface area contributed by atoms with Crippen molar-refractivity contribution in [2.24, 2.45) is 13.0 Å². The number of hydrogen-bond acceptors (Lipinski definition) is 2. The molecule has 1 aromatic heterocycles. The van der Waals surface area contributed by atoms with Crippen LogP contribution in [0.2, 0.25) is 0 Å². The van der Waals surface area contributed by atoms with Gasteiger partial charge >= 0.3 is 0 Å². The number of hydrogen-bond donors (Lipinski definition) is 1. The Labute approximate surface area is 84.7 Å². The molecule has 0 saturated heterocycles. The molecule has 1 aliphatic rings. The van der Waals surface area contributed by atoms with E-state index < -0.39 is 5.60 Å². The Morgan fingerprint density at radius 2 is 2.43 bits per heavy atom. The second-order valence-electron chi connectivity index (χ2n) is 4.38. The van der Waals surface area contributed by atoms with Crippen molar-refractivity contribution in [2.75, 3.05) is 0 Å². The molecule has 2 unspecified atom stereocenters. The van der Waals surface area contributed by atoms with E-state index in [-0.39, 0.29) is 0 Å². The Balaban J connectivity index is 2.21. The van der Waals surface area contributed by atoms with E-state index in [1.807, 2.05) is 24.9 Å². The highest BCUT2D eigenvalue weighted by Crippen LogP contribution is 2.54. The monoisotopic (exact) mass is 194 g/mol. The summed E-state index contributed by atoms with van der Waals surface area (Å²) in [5, 5.41) is 14.5. The highest BCUT2D eigenvalue weighted by Gasteiger charge is 2.54. The Morgan fingerprint density at radius 3 is 2.93 bits per heavy atom. The highest BCUT2D eigenvalue weighted by atomic mass is 16.3. The van der Waals surface area contributed by atoms with Crippen LogP contribution in [-0.4, -0.2) is 14.9 Å². The zero-order valence-electron chi connectivity index (χ0n) is 9.12. The van der Waals surface area contributed by atoms with Gasteiger partial charge < -0.3 is 5.11 Å². The van der Waals surface area contributed by atoms with E-state index in [1.165, 1.54) is 0 Å². The maximum atomic E-state index is 10.3. The van der Waals surface area contributed by atoms with Crippen LogP contribution in [0.25, 0.3) is 0 Å². The molecule has 2 atom stereocenters. The van der Waals surface area contributed by atoms with Crippen molar-refractivity contribution in [3.05, 3.63) is 17.5 Å². The lowest BCUT2D eigenvalue weighted by Crippen LogP contribution is -2.10. The standard InChI is InChI=1S/C11H18N2O/c1-4-5-9-6-11(9,14)10-7-12-13(3)8(10)2/h7,9,14H,4-6H2,1-3H3. The molecule has 1 saturated carbocycles. The third-order valence-electron chi connectivity index (χ3n) is 3.41. The number of aliphatic hydroxyl groups is 1. The molecule has 2 rings (SSSR count). The van der Waals surface area contributed by atoms with Gasteiger partial charge in [0, 0.05) is 18.3 Å². The van der Waals surface area contributed by atoms with Crippen LogP contribution in [0.1, 0.15) is 37.4 Å². The fourth-order valence-corrected chi connectivity index (χ4v) is 2.26. The first-order valence-corrected chi connectivity index (χ1v) is 5.31. The van der Waals surface area contributed by atoms with Crippen molar-refractivity contribution in [1.29, 1.82) is 0 Å². The van der Waals surface area contributed by atoms with E-state index in [0.29, 0.717) is 5.92 Å². The quantitative estimate of drug-likeness (QED) is 0.795. The zero-order chi connectivity index (χ0) is 10.3. The molecule has 1 N–H and O–H groups in total. The lowest BCUT2D eigenvalue weighted by atomic mass is 10.0. The lowest BCUT2D eigenvalue weighted by Gasteiger charge is -2.09. The van der Waals surface area contributed by atoms with Gasteiger partial charge in [0.25, 0.3) is 0 Å². The largest absolute Gasteiger partial charge is 0.385 e. The Morgan fingerprint density at radius 1 is 1.71 bits per heavy atom. The van der Waals surface area contributed by atoms with Gasteiger partial charge in [0.15, 0.2) is 0 Å². The summed E-state index contributed by atoms with van der Waals surface area (Å²) >= 11 is 0. The molecule has 78 valence electrons. The average molecular weight is 194 g/mol. The van der Waals surface area contributed by atoms with Gasteiger partial charge in [-0.05, 0) is 25.7 Å². The van der Waals surface area contributed by atoms with Gasteiger partial charge in [-0.1, -0.05) is 13.3 Å². The van der Waals surface area contributed by atoms with E-state index in [4.69, 9.17) is 0 Å². The summed E-state index contributed by atoms with van der Waals surface area (Å²) in [7, 11) is 1.92. The molecule has 0 aliphatic heterocycles. The molecular formula is C11H18N2O. The second-order valence-corrected chi connectivity index (χ2v) is 4.38. The topological polar surface area (TPSA) is 38.1 Å². The molecule has 0 radical (unpaired) electrons. The Kier molecular flexibility index (Phi) is 2.14. The molecule has 0 aromatic carbocycles. The van der Waals surface area contributed by atoms with E-state index in [0.717, 1.165) is 30.5 Å². The van der Waals surface area contributed by atoms with Crippen molar-refractivity contribution in [3.8, 4) is 0 Å². The van der Waals surface area contributed by atoms with Crippen LogP contribution in [0, 0.1) is 12.8 Å². The fraction of sp³-hybridized carbons (Fsp3) is 0.727. The number of nitrogens with zero attached hydrogens (tertiary/aromatic N) is 2. The smallest absolute Gasteiger partial charge is 0.0962 e. The van der Waals surface area contributed by atoms with Gasteiger partial charge in [0.2, 0.25) is 0 Å². The normalized spacial score (nSPS) is 30.7. The van der Waals surface area contributed by atoms with E-state index in [2.05, 4.69) is 12.0 Å². The van der Waals surface area contributed by atoms with Crippen LogP contribution < -0.4 is 0 Å². The predicted octanol–water partition coefficient (Wildman–Crippen LogP) is 1.74. The first kappa shape index (κ1) is 9.71. The van der Waals surface area contributed by atoms with Crippen LogP contribution in [0.15, 0.2) is 6.20 Å². The third kappa shape index (κ3) is 1.27. The average Bonchev–Trinajstić information content (AvgIpc) is 2.65. The van der Waals surface area contributed by atoms with Crippen LogP contribution in [-0.2, 0) is 12.6 Å². The van der Waals surface area contributed by atoms with Gasteiger partial charge in [0.1, 0.15) is 0 Å². The van der Waals surface area contributed by atoms with E-state index in [1.54, 1.807) is 0 Å². The van der Waals surface area contributed by atoms with Gasteiger partial charge in [0.05, 0.1) is 11.8 Å². The van der Waals surface area contributed by atoms with Crippen LogP contribution >= 0.6 is 0 Å². The maximum Gasteiger partial charge on any atom is 0.0962 e. The maximum absolute atomic E-state index is 10.3. The number of aryl methyl sites for hydroxylation is 1. The number of aromatic nitrogens is 2. The lowest BCUT2D eigenvalue weighted by molar-refractivity contribution is 0.128. The Hall–Kier alpha value is -0.830. The molecular weight excluding hydrogens is 176 g/mol. The molecule has 1 aromatic rings. The second kappa shape index (κ2) is 3.09. The molecule has 0 bridgehead atoms. The minimum absolute atomic E-state index is 0.454. The molecule has 3 nitrogen and oxygen atoms in total. The third-order valence-corrected chi connectivity index (χ3v) is 3.41. The van der Waals surface area contributed by atoms with E-state index >= 15 is 0 Å². The summed E-state index contributed by atoms with van der Waals surface area (Å²) in [5.41, 5.74) is 1.55. The van der Waals surface area contributed by atoms with Crippen molar-refractivity contribution in [2.45, 2.75) is 38.7 Å². The molecule has 1 aliphatic carbocycles. The molecule has 1 heterocycles. The summed E-state index contributed by atoms with van der Waals surface area (Å²) in [6, 6.07) is 0. The van der Waals surface area contributed by atoms with Crippen molar-refractivity contribution in [1.82, 2.24) is 9.78 Å². The molecule has 14 heavy (non-hydrogen) atoms. The highest BCUT2D eigenvalue weighted by molar-refractivity contribution is 5.31. The molecule has 0 spiro atoms. The first-order valence-electron chi connectivity index (χ1n) is 5.31.